The fourth-order valence-corrected chi connectivity index (χ4v) is 9.33. The molecule has 0 unspecified atom stereocenters. The molecule has 0 spiro atoms. The van der Waals surface area contributed by atoms with Crippen molar-refractivity contribution in [2.45, 2.75) is 123 Å². The van der Waals surface area contributed by atoms with Gasteiger partial charge in [0.1, 0.15) is 17.8 Å². The van der Waals surface area contributed by atoms with Gasteiger partial charge in [0, 0.05) is 57.5 Å². The number of nitrogens with one attached hydrogen (secondary N) is 2. The van der Waals surface area contributed by atoms with Crippen molar-refractivity contribution in [2.75, 3.05) is 43.4 Å². The van der Waals surface area contributed by atoms with Crippen LogP contribution in [0.5, 0.6) is 5.75 Å². The molecule has 2 saturated heterocycles. The number of phenols is 1. The van der Waals surface area contributed by atoms with Gasteiger partial charge in [0.15, 0.2) is 5.82 Å². The number of benzene rings is 2. The zero-order valence-corrected chi connectivity index (χ0v) is 38.7. The van der Waals surface area contributed by atoms with Gasteiger partial charge in [-0.3, -0.25) is 19.2 Å². The number of rotatable bonds is 18. The topological polar surface area (TPSA) is 207 Å². The van der Waals surface area contributed by atoms with E-state index in [-0.39, 0.29) is 54.8 Å². The number of para-hydroxylation sites is 1. The first-order valence-corrected chi connectivity index (χ1v) is 23.5. The maximum absolute atomic E-state index is 14.1. The van der Waals surface area contributed by atoms with E-state index in [4.69, 9.17) is 5.73 Å². The van der Waals surface area contributed by atoms with Gasteiger partial charge in [-0.05, 0) is 61.4 Å². The Balaban J connectivity index is 0.866. The van der Waals surface area contributed by atoms with E-state index in [0.717, 1.165) is 65.9 Å². The molecule has 2 aromatic heterocycles. The molecular weight excluding hydrogens is 831 g/mol. The van der Waals surface area contributed by atoms with Gasteiger partial charge in [0.05, 0.1) is 39.6 Å². The number of aryl methyl sites for hydroxylation is 1. The number of carbonyl (C=O) groups excluding carboxylic acids is 4. The lowest BCUT2D eigenvalue weighted by molar-refractivity contribution is -0.144. The summed E-state index contributed by atoms with van der Waals surface area (Å²) in [5.74, 6) is -0.333. The molecule has 6 N–H and O–H groups in total. The summed E-state index contributed by atoms with van der Waals surface area (Å²) in [4.78, 5) is 64.8. The number of likely N-dealkylation sites (tertiary alicyclic amines) is 1. The molecule has 2 aliphatic heterocycles. The minimum atomic E-state index is -0.866. The molecule has 2 aliphatic rings. The molecule has 15 nitrogen and oxygen atoms in total. The van der Waals surface area contributed by atoms with Crippen molar-refractivity contribution in [3.05, 3.63) is 71.4 Å². The average Bonchev–Trinajstić information content (AvgIpc) is 3.89. The number of amides is 4. The second-order valence-electron chi connectivity index (χ2n) is 18.2. The van der Waals surface area contributed by atoms with Crippen LogP contribution in [0.4, 0.5) is 11.5 Å². The number of aliphatic hydroxyl groups excluding tert-OH is 1. The Morgan fingerprint density at radius 3 is 2.19 bits per heavy atom. The highest BCUT2D eigenvalue weighted by Gasteiger charge is 2.44. The van der Waals surface area contributed by atoms with Crippen molar-refractivity contribution in [1.82, 2.24) is 35.6 Å². The summed E-state index contributed by atoms with van der Waals surface area (Å²) in [6, 6.07) is 14.7. The van der Waals surface area contributed by atoms with Crippen LogP contribution in [0, 0.1) is 12.3 Å². The van der Waals surface area contributed by atoms with Gasteiger partial charge in [-0.2, -0.15) is 0 Å². The number of aromatic nitrogens is 3. The summed E-state index contributed by atoms with van der Waals surface area (Å²) < 4.78 is 0. The van der Waals surface area contributed by atoms with Crippen LogP contribution in [-0.2, 0) is 19.2 Å². The van der Waals surface area contributed by atoms with Crippen LogP contribution in [-0.4, -0.2) is 110 Å². The number of carbonyl (C=O) groups is 4. The lowest BCUT2D eigenvalue weighted by Gasteiger charge is -2.36. The van der Waals surface area contributed by atoms with Crippen molar-refractivity contribution in [3.8, 4) is 27.4 Å². The van der Waals surface area contributed by atoms with E-state index in [9.17, 15) is 29.4 Å². The van der Waals surface area contributed by atoms with Gasteiger partial charge in [-0.25, -0.2) is 4.98 Å². The number of hydrogen-bond donors (Lipinski definition) is 5. The molecule has 344 valence electrons. The van der Waals surface area contributed by atoms with E-state index in [1.54, 1.807) is 29.5 Å². The quantitative estimate of drug-likeness (QED) is 0.0692. The molecular formula is C48H65N9O6S. The van der Waals surface area contributed by atoms with Gasteiger partial charge >= 0.3 is 0 Å². The molecule has 16 heteroatoms. The molecule has 4 atom stereocenters. The number of nitrogens with two attached hydrogens (primary N) is 1. The maximum atomic E-state index is 14.1. The molecule has 2 fully saturated rings. The molecule has 64 heavy (non-hydrogen) atoms. The van der Waals surface area contributed by atoms with E-state index < -0.39 is 23.6 Å². The number of aromatic hydroxyl groups is 1. The van der Waals surface area contributed by atoms with E-state index in [2.05, 4.69) is 30.7 Å². The Hall–Kier alpha value is -5.61. The summed E-state index contributed by atoms with van der Waals surface area (Å²) in [5, 5.41) is 35.2. The first kappa shape index (κ1) is 47.9. The third-order valence-corrected chi connectivity index (χ3v) is 13.3. The SMILES string of the molecule is Cc1ncsc1-c1ccc([C@@H](C)NC(=O)[C@H]2C[C@H](O)CN2C(=O)[C@H](NC(=O)CCCCCCCCCC(=O)N2CCN(c3cc(-c4ccccc4O)nnc3N)CC2)C(C)(C)C)cc1. The van der Waals surface area contributed by atoms with Crippen LogP contribution >= 0.6 is 11.3 Å². The zero-order valence-electron chi connectivity index (χ0n) is 37.9. The van der Waals surface area contributed by atoms with Gasteiger partial charge in [0.25, 0.3) is 0 Å². The number of nitrogens with zero attached hydrogens (tertiary/aromatic N) is 6. The minimum absolute atomic E-state index is 0.0210. The normalized spacial score (nSPS) is 17.6. The van der Waals surface area contributed by atoms with E-state index in [1.807, 2.05) is 81.4 Å². The van der Waals surface area contributed by atoms with E-state index in [0.29, 0.717) is 56.1 Å². The fraction of sp³-hybridized carbons (Fsp3) is 0.521. The number of anilines is 2. The summed E-state index contributed by atoms with van der Waals surface area (Å²) >= 11 is 1.58. The molecule has 0 bridgehead atoms. The second-order valence-corrected chi connectivity index (χ2v) is 19.1. The number of β-amino-alcohol motifs (C(OH)–C–C–N with tert-alkyl or cyclic N) is 1. The van der Waals surface area contributed by atoms with Gasteiger partial charge in [-0.1, -0.05) is 89.3 Å². The predicted octanol–water partition coefficient (Wildman–Crippen LogP) is 6.39. The van der Waals surface area contributed by atoms with Crippen LogP contribution in [0.2, 0.25) is 0 Å². The Labute approximate surface area is 380 Å². The number of phenolic OH excluding ortho intramolecular Hbond substituents is 1. The number of hydrogen-bond acceptors (Lipinski definition) is 12. The van der Waals surface area contributed by atoms with Crippen molar-refractivity contribution < 1.29 is 29.4 Å². The van der Waals surface area contributed by atoms with Crippen LogP contribution < -0.4 is 21.3 Å². The zero-order chi connectivity index (χ0) is 46.0. The smallest absolute Gasteiger partial charge is 0.246 e. The van der Waals surface area contributed by atoms with Crippen molar-refractivity contribution in [3.63, 3.8) is 0 Å². The molecule has 0 radical (unpaired) electrons. The molecule has 4 amide bonds. The summed E-state index contributed by atoms with van der Waals surface area (Å²) in [6.07, 6.45) is 6.42. The van der Waals surface area contributed by atoms with E-state index in [1.165, 1.54) is 4.90 Å². The summed E-state index contributed by atoms with van der Waals surface area (Å²) in [6.45, 7) is 12.0. The van der Waals surface area contributed by atoms with Gasteiger partial charge < -0.3 is 41.3 Å². The lowest BCUT2D eigenvalue weighted by atomic mass is 9.85. The number of unbranched alkanes of at least 4 members (excludes halogenated alkanes) is 6. The standard InChI is InChI=1S/C48H65N9O6S/c1-31(33-19-21-34(22-20-33)43-32(2)50-30-64-43)51-46(62)39-27-35(58)29-57(39)47(63)44(48(3,4)5)52-41(60)17-11-9-7-6-8-10-12-18-42(61)56-25-23-55(24-26-56)38-28-37(53-54-45(38)49)36-15-13-14-16-40(36)59/h13-16,19-22,28,30-31,35,39,44,58-59H,6-12,17-18,23-27,29H2,1-5H3,(H2,49,54)(H,51,62)(H,52,60)/t31-,35+,39-,44+/m1/s1. The monoisotopic (exact) mass is 895 g/mol. The number of thiazole rings is 1. The Kier molecular flexibility index (Phi) is 16.3. The maximum Gasteiger partial charge on any atom is 0.246 e. The number of nitrogen functional groups attached to an aromatic ring is 1. The molecule has 4 heterocycles. The van der Waals surface area contributed by atoms with Crippen LogP contribution in [0.15, 0.2) is 60.1 Å². The number of piperazine rings is 1. The van der Waals surface area contributed by atoms with Gasteiger partial charge in [-0.15, -0.1) is 21.5 Å². The first-order valence-electron chi connectivity index (χ1n) is 22.6. The van der Waals surface area contributed by atoms with Crippen LogP contribution in [0.25, 0.3) is 21.7 Å². The highest BCUT2D eigenvalue weighted by Crippen LogP contribution is 2.33. The Morgan fingerprint density at radius 2 is 1.55 bits per heavy atom. The third kappa shape index (κ3) is 12.3. The van der Waals surface area contributed by atoms with E-state index >= 15 is 0 Å². The minimum Gasteiger partial charge on any atom is -0.507 e. The molecule has 6 rings (SSSR count). The highest BCUT2D eigenvalue weighted by atomic mass is 32.1. The van der Waals surface area contributed by atoms with Crippen molar-refractivity contribution in [2.24, 2.45) is 5.41 Å². The fourth-order valence-electron chi connectivity index (χ4n) is 8.52. The molecule has 0 aliphatic carbocycles. The summed E-state index contributed by atoms with van der Waals surface area (Å²) in [7, 11) is 0. The number of aliphatic hydroxyl groups is 1. The van der Waals surface area contributed by atoms with Crippen molar-refractivity contribution in [1.29, 1.82) is 0 Å². The molecule has 0 saturated carbocycles. The van der Waals surface area contributed by atoms with Gasteiger partial charge in [0.2, 0.25) is 23.6 Å². The molecule has 2 aromatic carbocycles. The second kappa shape index (κ2) is 21.8. The largest absolute Gasteiger partial charge is 0.507 e. The predicted molar refractivity (Wildman–Crippen MR) is 250 cm³/mol. The first-order chi connectivity index (χ1) is 30.6. The van der Waals surface area contributed by atoms with Crippen LogP contribution in [0.1, 0.15) is 109 Å². The highest BCUT2D eigenvalue weighted by molar-refractivity contribution is 7.13. The molecule has 4 aromatic rings. The lowest BCUT2D eigenvalue weighted by Crippen LogP contribution is -2.57. The third-order valence-electron chi connectivity index (χ3n) is 12.3. The summed E-state index contributed by atoms with van der Waals surface area (Å²) in [5.41, 5.74) is 12.2. The van der Waals surface area contributed by atoms with Crippen LogP contribution in [0.3, 0.4) is 0 Å². The average molecular weight is 896 g/mol. The van der Waals surface area contributed by atoms with Crippen molar-refractivity contribution >= 4 is 46.5 Å². The Bertz CT molecular complexity index is 2220. The Morgan fingerprint density at radius 1 is 0.891 bits per heavy atom.